The molecule has 1 aliphatic carbocycles. The molecule has 2 heterocycles. The number of rotatable bonds is 6. The second kappa shape index (κ2) is 8.47. The normalized spacial score (nSPS) is 12.9. The standard InChI is InChI=1S/C25H21N5O2/c31-24(18-11-12-18)28-22-14-13-19(15-26-22)27-25(32)21-16-30(20-9-5-2-6-10-20)29-23(21)17-7-3-1-4-8-17/h1-10,13-16,18H,11-12H2,(H,27,32)(H,26,28,31). The Morgan fingerprint density at radius 1 is 0.875 bits per heavy atom. The second-order valence-electron chi connectivity index (χ2n) is 7.69. The van der Waals surface area contributed by atoms with Gasteiger partial charge in [-0.05, 0) is 37.1 Å². The Kier molecular flexibility index (Phi) is 5.21. The van der Waals surface area contributed by atoms with Crippen LogP contribution in [0.1, 0.15) is 23.2 Å². The number of hydrogen-bond donors (Lipinski definition) is 2. The average molecular weight is 423 g/mol. The van der Waals surface area contributed by atoms with E-state index in [0.717, 1.165) is 24.1 Å². The second-order valence-corrected chi connectivity index (χ2v) is 7.69. The van der Waals surface area contributed by atoms with Gasteiger partial charge in [0.05, 0.1) is 23.1 Å². The minimum absolute atomic E-state index is 0.00452. The van der Waals surface area contributed by atoms with E-state index in [9.17, 15) is 9.59 Å². The quantitative estimate of drug-likeness (QED) is 0.477. The Morgan fingerprint density at radius 3 is 2.25 bits per heavy atom. The Hall–Kier alpha value is -4.26. The van der Waals surface area contributed by atoms with Gasteiger partial charge in [-0.2, -0.15) is 5.10 Å². The number of aromatic nitrogens is 3. The molecule has 0 aliphatic heterocycles. The zero-order valence-corrected chi connectivity index (χ0v) is 17.2. The van der Waals surface area contributed by atoms with E-state index in [1.165, 1.54) is 6.20 Å². The molecule has 0 unspecified atom stereocenters. The largest absolute Gasteiger partial charge is 0.320 e. The topological polar surface area (TPSA) is 88.9 Å². The van der Waals surface area contributed by atoms with Crippen molar-refractivity contribution in [3.8, 4) is 16.9 Å². The van der Waals surface area contributed by atoms with Crippen molar-refractivity contribution in [1.82, 2.24) is 14.8 Å². The molecule has 7 heteroatoms. The fourth-order valence-electron chi connectivity index (χ4n) is 3.38. The van der Waals surface area contributed by atoms with Gasteiger partial charge in [0.1, 0.15) is 11.5 Å². The van der Waals surface area contributed by atoms with Gasteiger partial charge in [-0.3, -0.25) is 9.59 Å². The van der Waals surface area contributed by atoms with Crippen LogP contribution in [0, 0.1) is 5.92 Å². The van der Waals surface area contributed by atoms with Crippen LogP contribution in [0.15, 0.2) is 85.2 Å². The molecule has 7 nitrogen and oxygen atoms in total. The molecule has 158 valence electrons. The molecule has 1 fully saturated rings. The molecule has 0 spiro atoms. The molecule has 2 aromatic heterocycles. The third kappa shape index (κ3) is 4.27. The summed E-state index contributed by atoms with van der Waals surface area (Å²) < 4.78 is 1.70. The van der Waals surface area contributed by atoms with E-state index in [1.54, 1.807) is 23.0 Å². The summed E-state index contributed by atoms with van der Waals surface area (Å²) in [6.07, 6.45) is 5.12. The van der Waals surface area contributed by atoms with Crippen LogP contribution in [-0.4, -0.2) is 26.6 Å². The number of anilines is 2. The van der Waals surface area contributed by atoms with Crippen LogP contribution >= 0.6 is 0 Å². The van der Waals surface area contributed by atoms with Gasteiger partial charge in [-0.15, -0.1) is 0 Å². The van der Waals surface area contributed by atoms with Crippen molar-refractivity contribution in [3.63, 3.8) is 0 Å². The highest BCUT2D eigenvalue weighted by Crippen LogP contribution is 2.30. The smallest absolute Gasteiger partial charge is 0.259 e. The fraction of sp³-hybridized carbons (Fsp3) is 0.120. The van der Waals surface area contributed by atoms with Crippen molar-refractivity contribution in [1.29, 1.82) is 0 Å². The van der Waals surface area contributed by atoms with Gasteiger partial charge < -0.3 is 10.6 Å². The van der Waals surface area contributed by atoms with Crippen LogP contribution < -0.4 is 10.6 Å². The Balaban J connectivity index is 1.40. The Bertz CT molecular complexity index is 1250. The molecule has 1 saturated carbocycles. The molecule has 32 heavy (non-hydrogen) atoms. The average Bonchev–Trinajstić information content (AvgIpc) is 3.59. The summed E-state index contributed by atoms with van der Waals surface area (Å²) in [5.41, 5.74) is 3.29. The van der Waals surface area contributed by atoms with E-state index in [2.05, 4.69) is 20.7 Å². The number of hydrogen-bond acceptors (Lipinski definition) is 4. The van der Waals surface area contributed by atoms with Crippen LogP contribution in [-0.2, 0) is 4.79 Å². The number of pyridine rings is 1. The molecule has 1 aliphatic rings. The lowest BCUT2D eigenvalue weighted by Gasteiger charge is -2.07. The Labute approximate surface area is 185 Å². The maximum absolute atomic E-state index is 13.2. The summed E-state index contributed by atoms with van der Waals surface area (Å²) in [4.78, 5) is 29.3. The first-order valence-corrected chi connectivity index (χ1v) is 10.5. The molecule has 0 saturated heterocycles. The molecule has 2 aromatic carbocycles. The van der Waals surface area contributed by atoms with Crippen LogP contribution in [0.3, 0.4) is 0 Å². The lowest BCUT2D eigenvalue weighted by molar-refractivity contribution is -0.117. The number of para-hydroxylation sites is 1. The molecule has 0 bridgehead atoms. The number of benzene rings is 2. The van der Waals surface area contributed by atoms with Crippen LogP contribution in [0.5, 0.6) is 0 Å². The monoisotopic (exact) mass is 423 g/mol. The maximum Gasteiger partial charge on any atom is 0.259 e. The van der Waals surface area contributed by atoms with Crippen molar-refractivity contribution >= 4 is 23.3 Å². The van der Waals surface area contributed by atoms with Crippen molar-refractivity contribution in [2.45, 2.75) is 12.8 Å². The SMILES string of the molecule is O=C(Nc1ccc(NC(=O)C2CC2)nc1)c1cn(-c2ccccc2)nc1-c1ccccc1. The van der Waals surface area contributed by atoms with Gasteiger partial charge in [0.15, 0.2) is 0 Å². The maximum atomic E-state index is 13.2. The molecular formula is C25H21N5O2. The molecule has 0 atom stereocenters. The summed E-state index contributed by atoms with van der Waals surface area (Å²) in [7, 11) is 0. The van der Waals surface area contributed by atoms with Crippen molar-refractivity contribution < 1.29 is 9.59 Å². The minimum Gasteiger partial charge on any atom is -0.320 e. The number of amides is 2. The van der Waals surface area contributed by atoms with Crippen LogP contribution in [0.2, 0.25) is 0 Å². The van der Waals surface area contributed by atoms with E-state index >= 15 is 0 Å². The summed E-state index contributed by atoms with van der Waals surface area (Å²) in [6, 6.07) is 22.6. The lowest BCUT2D eigenvalue weighted by atomic mass is 10.1. The zero-order chi connectivity index (χ0) is 21.9. The highest BCUT2D eigenvalue weighted by Gasteiger charge is 2.29. The highest BCUT2D eigenvalue weighted by molar-refractivity contribution is 6.08. The van der Waals surface area contributed by atoms with Crippen LogP contribution in [0.4, 0.5) is 11.5 Å². The first-order chi connectivity index (χ1) is 15.7. The number of nitrogens with zero attached hydrogens (tertiary/aromatic N) is 3. The van der Waals surface area contributed by atoms with E-state index in [0.29, 0.717) is 22.8 Å². The predicted octanol–water partition coefficient (Wildman–Crippen LogP) is 4.54. The predicted molar refractivity (Wildman–Crippen MR) is 123 cm³/mol. The Morgan fingerprint density at radius 2 is 1.59 bits per heavy atom. The van der Waals surface area contributed by atoms with Gasteiger partial charge in [-0.25, -0.2) is 9.67 Å². The molecule has 4 aromatic rings. The molecule has 2 N–H and O–H groups in total. The third-order valence-electron chi connectivity index (χ3n) is 5.25. The van der Waals surface area contributed by atoms with Crippen LogP contribution in [0.25, 0.3) is 16.9 Å². The van der Waals surface area contributed by atoms with Gasteiger partial charge in [0.25, 0.3) is 5.91 Å². The lowest BCUT2D eigenvalue weighted by Crippen LogP contribution is -2.15. The number of nitrogens with one attached hydrogen (secondary N) is 2. The molecule has 0 radical (unpaired) electrons. The third-order valence-corrected chi connectivity index (χ3v) is 5.25. The summed E-state index contributed by atoms with van der Waals surface area (Å²) >= 11 is 0. The zero-order valence-electron chi connectivity index (χ0n) is 17.2. The number of carbonyl (C=O) groups is 2. The molecular weight excluding hydrogens is 402 g/mol. The highest BCUT2D eigenvalue weighted by atomic mass is 16.2. The molecule has 5 rings (SSSR count). The first kappa shape index (κ1) is 19.7. The van der Waals surface area contributed by atoms with E-state index in [4.69, 9.17) is 0 Å². The van der Waals surface area contributed by atoms with E-state index < -0.39 is 0 Å². The van der Waals surface area contributed by atoms with Gasteiger partial charge in [0.2, 0.25) is 5.91 Å². The fourth-order valence-corrected chi connectivity index (χ4v) is 3.38. The van der Waals surface area contributed by atoms with E-state index in [-0.39, 0.29) is 17.7 Å². The van der Waals surface area contributed by atoms with Gasteiger partial charge in [0, 0.05) is 17.7 Å². The van der Waals surface area contributed by atoms with Gasteiger partial charge in [-0.1, -0.05) is 48.5 Å². The summed E-state index contributed by atoms with van der Waals surface area (Å²) in [5, 5.41) is 10.3. The van der Waals surface area contributed by atoms with E-state index in [1.807, 2.05) is 60.7 Å². The van der Waals surface area contributed by atoms with Gasteiger partial charge >= 0.3 is 0 Å². The summed E-state index contributed by atoms with van der Waals surface area (Å²) in [5.74, 6) is 0.285. The first-order valence-electron chi connectivity index (χ1n) is 10.5. The summed E-state index contributed by atoms with van der Waals surface area (Å²) in [6.45, 7) is 0. The van der Waals surface area contributed by atoms with Crippen molar-refractivity contribution in [2.24, 2.45) is 5.92 Å². The van der Waals surface area contributed by atoms with Crippen molar-refractivity contribution in [3.05, 3.63) is 90.8 Å². The van der Waals surface area contributed by atoms with Crippen molar-refractivity contribution in [2.75, 3.05) is 10.6 Å². The minimum atomic E-state index is -0.289. The molecule has 2 amide bonds. The number of carbonyl (C=O) groups excluding carboxylic acids is 2.